The summed E-state index contributed by atoms with van der Waals surface area (Å²) in [6.07, 6.45) is 2.00. The molecule has 0 aliphatic heterocycles. The third-order valence-electron chi connectivity index (χ3n) is 2.57. The second-order valence-corrected chi connectivity index (χ2v) is 4.21. The number of nitrogens with two attached hydrogens (primary N) is 1. The smallest absolute Gasteiger partial charge is 0.213 e. The van der Waals surface area contributed by atoms with Crippen LogP contribution < -0.4 is 10.5 Å². The van der Waals surface area contributed by atoms with E-state index in [0.29, 0.717) is 38.9 Å². The van der Waals surface area contributed by atoms with Gasteiger partial charge in [0.25, 0.3) is 0 Å². The molecule has 0 aliphatic rings. The molecule has 0 unspecified atom stereocenters. The Hall–Kier alpha value is -1.17. The van der Waals surface area contributed by atoms with E-state index in [4.69, 9.17) is 19.9 Å². The molecule has 1 rings (SSSR count). The molecule has 0 bridgehead atoms. The summed E-state index contributed by atoms with van der Waals surface area (Å²) in [5, 5.41) is 0. The lowest BCUT2D eigenvalue weighted by atomic mass is 10.1. The van der Waals surface area contributed by atoms with Gasteiger partial charge >= 0.3 is 0 Å². The molecule has 0 saturated carbocycles. The van der Waals surface area contributed by atoms with E-state index in [1.54, 1.807) is 7.11 Å². The van der Waals surface area contributed by atoms with E-state index in [0.717, 1.165) is 24.1 Å². The molecule has 1 heterocycles. The summed E-state index contributed by atoms with van der Waals surface area (Å²) in [5.74, 6) is 0.627. The third-order valence-corrected chi connectivity index (χ3v) is 2.57. The van der Waals surface area contributed by atoms with Crippen LogP contribution in [0.3, 0.4) is 0 Å². The Kier molecular flexibility index (Phi) is 8.13. The van der Waals surface area contributed by atoms with Crippen LogP contribution in [-0.4, -0.2) is 38.5 Å². The van der Waals surface area contributed by atoms with E-state index in [-0.39, 0.29) is 0 Å². The highest BCUT2D eigenvalue weighted by Gasteiger charge is 2.03. The first-order valence-electron chi connectivity index (χ1n) is 6.69. The number of nitrogens with zero attached hydrogens (tertiary/aromatic N) is 1. The number of pyridine rings is 1. The first kappa shape index (κ1) is 15.9. The molecule has 0 atom stereocenters. The summed E-state index contributed by atoms with van der Waals surface area (Å²) in [7, 11) is 1.65. The van der Waals surface area contributed by atoms with Crippen LogP contribution in [-0.2, 0) is 22.4 Å². The van der Waals surface area contributed by atoms with Crippen LogP contribution in [0.25, 0.3) is 0 Å². The summed E-state index contributed by atoms with van der Waals surface area (Å²) < 4.78 is 15.8. The van der Waals surface area contributed by atoms with Gasteiger partial charge in [-0.15, -0.1) is 0 Å². The molecule has 1 aromatic heterocycles. The van der Waals surface area contributed by atoms with E-state index >= 15 is 0 Å². The lowest BCUT2D eigenvalue weighted by Gasteiger charge is -2.09. The maximum Gasteiger partial charge on any atom is 0.213 e. The van der Waals surface area contributed by atoms with Crippen LogP contribution in [0.15, 0.2) is 12.1 Å². The minimum atomic E-state index is 0.482. The molecule has 19 heavy (non-hydrogen) atoms. The molecular weight excluding hydrogens is 244 g/mol. The van der Waals surface area contributed by atoms with E-state index in [1.807, 2.05) is 12.1 Å². The van der Waals surface area contributed by atoms with Crippen molar-refractivity contribution < 1.29 is 14.2 Å². The number of rotatable bonds is 10. The molecule has 108 valence electrons. The molecule has 0 aliphatic carbocycles. The fourth-order valence-electron chi connectivity index (χ4n) is 1.65. The SMILES string of the molecule is CCCc1cc(CN)cc(OCCOCCOC)n1. The quantitative estimate of drug-likeness (QED) is 0.652. The maximum absolute atomic E-state index is 5.67. The fraction of sp³-hybridized carbons (Fsp3) is 0.643. The summed E-state index contributed by atoms with van der Waals surface area (Å²) in [4.78, 5) is 4.45. The Bertz CT molecular complexity index is 359. The second-order valence-electron chi connectivity index (χ2n) is 4.21. The number of hydrogen-bond donors (Lipinski definition) is 1. The predicted octanol–water partition coefficient (Wildman–Crippen LogP) is 1.53. The van der Waals surface area contributed by atoms with Crippen molar-refractivity contribution in [2.24, 2.45) is 5.73 Å². The van der Waals surface area contributed by atoms with Gasteiger partial charge in [-0.1, -0.05) is 13.3 Å². The van der Waals surface area contributed by atoms with Gasteiger partial charge in [-0.2, -0.15) is 0 Å². The fourth-order valence-corrected chi connectivity index (χ4v) is 1.65. The zero-order valence-electron chi connectivity index (χ0n) is 11.9. The van der Waals surface area contributed by atoms with Crippen molar-refractivity contribution in [2.45, 2.75) is 26.3 Å². The molecule has 1 aromatic rings. The minimum absolute atomic E-state index is 0.482. The number of methoxy groups -OCH3 is 1. The van der Waals surface area contributed by atoms with Crippen LogP contribution in [0.5, 0.6) is 5.88 Å². The average molecular weight is 268 g/mol. The summed E-state index contributed by atoms with van der Waals surface area (Å²) >= 11 is 0. The Labute approximate surface area is 115 Å². The standard InChI is InChI=1S/C14H24N2O3/c1-3-4-13-9-12(11-15)10-14(16-13)19-8-7-18-6-5-17-2/h9-10H,3-8,11,15H2,1-2H3. The van der Waals surface area contributed by atoms with Crippen molar-refractivity contribution >= 4 is 0 Å². The maximum atomic E-state index is 5.67. The lowest BCUT2D eigenvalue weighted by molar-refractivity contribution is 0.0536. The number of aryl methyl sites for hydroxylation is 1. The largest absolute Gasteiger partial charge is 0.475 e. The lowest BCUT2D eigenvalue weighted by Crippen LogP contribution is -2.11. The van der Waals surface area contributed by atoms with Gasteiger partial charge in [-0.3, -0.25) is 0 Å². The van der Waals surface area contributed by atoms with Crippen LogP contribution in [0.2, 0.25) is 0 Å². The second kappa shape index (κ2) is 9.72. The van der Waals surface area contributed by atoms with Gasteiger partial charge in [0.05, 0.1) is 19.8 Å². The Morgan fingerprint density at radius 2 is 1.95 bits per heavy atom. The summed E-state index contributed by atoms with van der Waals surface area (Å²) in [5.41, 5.74) is 7.75. The Balaban J connectivity index is 2.41. The third kappa shape index (κ3) is 6.52. The predicted molar refractivity (Wildman–Crippen MR) is 74.3 cm³/mol. The van der Waals surface area contributed by atoms with Crippen molar-refractivity contribution in [3.63, 3.8) is 0 Å². The molecule has 0 aromatic carbocycles. The van der Waals surface area contributed by atoms with Gasteiger partial charge in [0, 0.05) is 25.4 Å². The normalized spacial score (nSPS) is 10.7. The molecule has 0 amide bonds. The van der Waals surface area contributed by atoms with Crippen LogP contribution in [0, 0.1) is 0 Å². The monoisotopic (exact) mass is 268 g/mol. The van der Waals surface area contributed by atoms with Crippen molar-refractivity contribution in [1.82, 2.24) is 4.98 Å². The van der Waals surface area contributed by atoms with Gasteiger partial charge in [0.15, 0.2) is 0 Å². The van der Waals surface area contributed by atoms with Gasteiger partial charge in [0.1, 0.15) is 6.61 Å². The average Bonchev–Trinajstić information content (AvgIpc) is 2.43. The molecule has 5 heteroatoms. The van der Waals surface area contributed by atoms with Crippen LogP contribution in [0.4, 0.5) is 0 Å². The van der Waals surface area contributed by atoms with Crippen molar-refractivity contribution in [3.8, 4) is 5.88 Å². The topological polar surface area (TPSA) is 66.6 Å². The van der Waals surface area contributed by atoms with E-state index in [2.05, 4.69) is 11.9 Å². The highest BCUT2D eigenvalue weighted by atomic mass is 16.5. The minimum Gasteiger partial charge on any atom is -0.475 e. The number of ether oxygens (including phenoxy) is 3. The van der Waals surface area contributed by atoms with Crippen molar-refractivity contribution in [2.75, 3.05) is 33.5 Å². The molecule has 0 saturated heterocycles. The van der Waals surface area contributed by atoms with Crippen LogP contribution >= 0.6 is 0 Å². The Morgan fingerprint density at radius 1 is 1.16 bits per heavy atom. The molecule has 0 spiro atoms. The van der Waals surface area contributed by atoms with E-state index < -0.39 is 0 Å². The summed E-state index contributed by atoms with van der Waals surface area (Å²) in [6, 6.07) is 3.92. The van der Waals surface area contributed by atoms with Gasteiger partial charge in [0.2, 0.25) is 5.88 Å². The molecule has 0 radical (unpaired) electrons. The molecule has 5 nitrogen and oxygen atoms in total. The van der Waals surface area contributed by atoms with Crippen molar-refractivity contribution in [1.29, 1.82) is 0 Å². The number of hydrogen-bond acceptors (Lipinski definition) is 5. The van der Waals surface area contributed by atoms with Gasteiger partial charge in [-0.05, 0) is 18.1 Å². The molecule has 0 fully saturated rings. The summed E-state index contributed by atoms with van der Waals surface area (Å²) in [6.45, 7) is 4.82. The first-order chi connectivity index (χ1) is 9.30. The van der Waals surface area contributed by atoms with E-state index in [1.165, 1.54) is 0 Å². The number of aromatic nitrogens is 1. The van der Waals surface area contributed by atoms with Crippen molar-refractivity contribution in [3.05, 3.63) is 23.4 Å². The zero-order valence-corrected chi connectivity index (χ0v) is 11.9. The highest BCUT2D eigenvalue weighted by molar-refractivity contribution is 5.25. The molecular formula is C14H24N2O3. The Morgan fingerprint density at radius 3 is 2.63 bits per heavy atom. The van der Waals surface area contributed by atoms with Crippen LogP contribution in [0.1, 0.15) is 24.6 Å². The van der Waals surface area contributed by atoms with Gasteiger partial charge in [-0.25, -0.2) is 4.98 Å². The van der Waals surface area contributed by atoms with E-state index in [9.17, 15) is 0 Å². The highest BCUT2D eigenvalue weighted by Crippen LogP contribution is 2.13. The zero-order chi connectivity index (χ0) is 13.9. The van der Waals surface area contributed by atoms with Gasteiger partial charge < -0.3 is 19.9 Å². The molecule has 2 N–H and O–H groups in total. The first-order valence-corrected chi connectivity index (χ1v) is 6.69.